The van der Waals surface area contributed by atoms with Gasteiger partial charge >= 0.3 is 0 Å². The number of aromatic nitrogens is 2. The molecule has 146 valence electrons. The molecule has 0 saturated carbocycles. The number of unbranched alkanes of at least 4 members (excludes halogenated alkanes) is 1. The summed E-state index contributed by atoms with van der Waals surface area (Å²) >= 11 is 12.2. The van der Waals surface area contributed by atoms with E-state index in [4.69, 9.17) is 32.7 Å². The highest BCUT2D eigenvalue weighted by Gasteiger charge is 2.18. The number of ether oxygens (including phenoxy) is 2. The average molecular weight is 416 g/mol. The molecule has 1 heterocycles. The molecule has 0 bridgehead atoms. The number of hydrogen-bond donors (Lipinski definition) is 0. The first-order chi connectivity index (χ1) is 13.0. The predicted molar refractivity (Wildman–Crippen MR) is 101 cm³/mol. The van der Waals surface area contributed by atoms with Crippen LogP contribution in [0.3, 0.4) is 0 Å². The van der Waals surface area contributed by atoms with Gasteiger partial charge in [-0.25, -0.2) is 4.98 Å². The topological polar surface area (TPSA) is 88.6 Å². The maximum absolute atomic E-state index is 10.5. The molecular weight excluding hydrogens is 397 g/mol. The number of nitrogens with zero attached hydrogens (tertiary/aromatic N) is 3. The van der Waals surface area contributed by atoms with E-state index < -0.39 is 11.2 Å². The van der Waals surface area contributed by atoms with Crippen LogP contribution in [0.5, 0.6) is 0 Å². The van der Waals surface area contributed by atoms with Gasteiger partial charge in [0.2, 0.25) is 5.88 Å². The molecule has 0 aliphatic rings. The Balaban J connectivity index is 2.17. The molecule has 1 aromatic heterocycles. The van der Waals surface area contributed by atoms with Gasteiger partial charge in [-0.15, -0.1) is 10.1 Å². The minimum Gasteiger partial charge on any atom is -0.474 e. The van der Waals surface area contributed by atoms with E-state index in [1.165, 1.54) is 17.1 Å². The van der Waals surface area contributed by atoms with E-state index >= 15 is 0 Å². The molecule has 8 nitrogen and oxygen atoms in total. The van der Waals surface area contributed by atoms with Crippen LogP contribution in [0, 0.1) is 10.1 Å². The van der Waals surface area contributed by atoms with Crippen molar-refractivity contribution in [3.05, 3.63) is 68.9 Å². The summed E-state index contributed by atoms with van der Waals surface area (Å²) in [5.74, 6) is 0.0818. The molecule has 10 heteroatoms. The second-order valence-electron chi connectivity index (χ2n) is 5.44. The molecule has 2 aromatic rings. The van der Waals surface area contributed by atoms with Crippen LogP contribution in [0.1, 0.15) is 31.4 Å². The SMILES string of the molecule is CCCCOC(CO/C(=C/O[N+](=O)[O-])n1ccnc1)c1ccc(Cl)cc1Cl. The number of imidazole rings is 1. The van der Waals surface area contributed by atoms with Crippen molar-refractivity contribution in [1.29, 1.82) is 0 Å². The highest BCUT2D eigenvalue weighted by Crippen LogP contribution is 2.29. The van der Waals surface area contributed by atoms with Crippen molar-refractivity contribution in [3.63, 3.8) is 0 Å². The van der Waals surface area contributed by atoms with Gasteiger partial charge in [-0.05, 0) is 18.6 Å². The summed E-state index contributed by atoms with van der Waals surface area (Å²) in [6, 6.07) is 5.09. The number of benzene rings is 1. The Kier molecular flexibility index (Phi) is 8.38. The Bertz CT molecular complexity index is 768. The van der Waals surface area contributed by atoms with Crippen LogP contribution in [0.15, 0.2) is 43.2 Å². The molecule has 1 atom stereocenters. The monoisotopic (exact) mass is 415 g/mol. The molecule has 0 spiro atoms. The first-order valence-corrected chi connectivity index (χ1v) is 8.95. The Labute approximate surface area is 166 Å². The molecule has 0 aliphatic carbocycles. The lowest BCUT2D eigenvalue weighted by Gasteiger charge is -2.21. The van der Waals surface area contributed by atoms with Gasteiger partial charge in [-0.3, -0.25) is 9.40 Å². The minimum atomic E-state index is -0.939. The zero-order chi connectivity index (χ0) is 19.6. The number of rotatable bonds is 11. The second kappa shape index (κ2) is 10.8. The molecule has 0 fully saturated rings. The van der Waals surface area contributed by atoms with Crippen LogP contribution < -0.4 is 0 Å². The van der Waals surface area contributed by atoms with Crippen molar-refractivity contribution >= 4 is 29.1 Å². The van der Waals surface area contributed by atoms with Gasteiger partial charge in [0.05, 0.1) is 0 Å². The van der Waals surface area contributed by atoms with E-state index in [-0.39, 0.29) is 12.5 Å². The van der Waals surface area contributed by atoms with Gasteiger partial charge < -0.3 is 9.47 Å². The van der Waals surface area contributed by atoms with E-state index in [1.54, 1.807) is 24.4 Å². The zero-order valence-corrected chi connectivity index (χ0v) is 16.1. The van der Waals surface area contributed by atoms with Crippen LogP contribution in [-0.4, -0.2) is 27.9 Å². The molecule has 0 aliphatic heterocycles. The molecule has 0 radical (unpaired) electrons. The van der Waals surface area contributed by atoms with E-state index in [2.05, 4.69) is 16.7 Å². The summed E-state index contributed by atoms with van der Waals surface area (Å²) in [6.07, 6.45) is 6.73. The molecular formula is C17H19Cl2N3O5. The third-order valence-electron chi connectivity index (χ3n) is 3.51. The van der Waals surface area contributed by atoms with Crippen molar-refractivity contribution in [3.8, 4) is 0 Å². The first kappa shape index (κ1) is 21.0. The van der Waals surface area contributed by atoms with Gasteiger partial charge in [0.1, 0.15) is 25.3 Å². The van der Waals surface area contributed by atoms with E-state index in [9.17, 15) is 10.1 Å². The third kappa shape index (κ3) is 6.74. The Hall–Kier alpha value is -2.29. The summed E-state index contributed by atoms with van der Waals surface area (Å²) in [5.41, 5.74) is 0.706. The molecule has 0 saturated heterocycles. The van der Waals surface area contributed by atoms with E-state index in [1.807, 2.05) is 0 Å². The fraction of sp³-hybridized carbons (Fsp3) is 0.353. The van der Waals surface area contributed by atoms with Crippen LogP contribution in [0.25, 0.3) is 5.88 Å². The lowest BCUT2D eigenvalue weighted by Crippen LogP contribution is -2.15. The van der Waals surface area contributed by atoms with Gasteiger partial charge in [0.25, 0.3) is 5.09 Å². The van der Waals surface area contributed by atoms with Gasteiger partial charge in [0.15, 0.2) is 0 Å². The zero-order valence-electron chi connectivity index (χ0n) is 14.6. The van der Waals surface area contributed by atoms with Crippen LogP contribution in [0.4, 0.5) is 0 Å². The molecule has 1 unspecified atom stereocenters. The Morgan fingerprint density at radius 1 is 1.44 bits per heavy atom. The van der Waals surface area contributed by atoms with Crippen molar-refractivity contribution in [1.82, 2.24) is 9.55 Å². The Morgan fingerprint density at radius 2 is 2.26 bits per heavy atom. The summed E-state index contributed by atoms with van der Waals surface area (Å²) in [6.45, 7) is 2.62. The molecule has 27 heavy (non-hydrogen) atoms. The fourth-order valence-electron chi connectivity index (χ4n) is 2.17. The lowest BCUT2D eigenvalue weighted by atomic mass is 10.1. The largest absolute Gasteiger partial charge is 0.474 e. The fourth-order valence-corrected chi connectivity index (χ4v) is 2.70. The van der Waals surface area contributed by atoms with Gasteiger partial charge in [0, 0.05) is 34.6 Å². The van der Waals surface area contributed by atoms with Crippen molar-refractivity contribution in [2.45, 2.75) is 25.9 Å². The van der Waals surface area contributed by atoms with Crippen molar-refractivity contribution in [2.24, 2.45) is 0 Å². The third-order valence-corrected chi connectivity index (χ3v) is 4.07. The quantitative estimate of drug-likeness (QED) is 0.228. The second-order valence-corrected chi connectivity index (χ2v) is 6.29. The highest BCUT2D eigenvalue weighted by molar-refractivity contribution is 6.35. The molecule has 0 N–H and O–H groups in total. The predicted octanol–water partition coefficient (Wildman–Crippen LogP) is 4.73. The molecule has 2 rings (SSSR count). The molecule has 1 aromatic carbocycles. The van der Waals surface area contributed by atoms with Crippen LogP contribution >= 0.6 is 23.2 Å². The summed E-state index contributed by atoms with van der Waals surface area (Å²) in [4.78, 5) is 18.7. The maximum Gasteiger partial charge on any atom is 0.299 e. The molecule has 0 amide bonds. The van der Waals surface area contributed by atoms with E-state index in [0.29, 0.717) is 22.2 Å². The number of hydrogen-bond acceptors (Lipinski definition) is 6. The normalized spacial score (nSPS) is 12.6. The van der Waals surface area contributed by atoms with Gasteiger partial charge in [-0.1, -0.05) is 42.6 Å². The number of halogens is 2. The van der Waals surface area contributed by atoms with E-state index in [0.717, 1.165) is 19.1 Å². The standard InChI is InChI=1S/C17H19Cl2N3O5/c1-2-3-8-25-16(14-5-4-13(18)9-15(14)19)10-26-17(11-27-22(23)24)21-7-6-20-12-21/h4-7,9,11-12,16H,2-3,8,10H2,1H3/b17-11+. The Morgan fingerprint density at radius 3 is 2.89 bits per heavy atom. The average Bonchev–Trinajstić information content (AvgIpc) is 3.15. The van der Waals surface area contributed by atoms with Crippen LogP contribution in [0.2, 0.25) is 10.0 Å². The van der Waals surface area contributed by atoms with Crippen molar-refractivity contribution in [2.75, 3.05) is 13.2 Å². The first-order valence-electron chi connectivity index (χ1n) is 8.20. The summed E-state index contributed by atoms with van der Waals surface area (Å²) in [5, 5.41) is 10.5. The summed E-state index contributed by atoms with van der Waals surface area (Å²) < 4.78 is 13.1. The van der Waals surface area contributed by atoms with Crippen LogP contribution in [-0.2, 0) is 14.3 Å². The minimum absolute atomic E-state index is 0.0517. The summed E-state index contributed by atoms with van der Waals surface area (Å²) in [7, 11) is 0. The lowest BCUT2D eigenvalue weighted by molar-refractivity contribution is -0.737. The van der Waals surface area contributed by atoms with Crippen molar-refractivity contribution < 1.29 is 19.4 Å². The maximum atomic E-state index is 10.5. The van der Waals surface area contributed by atoms with Gasteiger partial charge in [-0.2, -0.15) is 0 Å². The highest BCUT2D eigenvalue weighted by atomic mass is 35.5. The smallest absolute Gasteiger partial charge is 0.299 e.